The van der Waals surface area contributed by atoms with Crippen molar-refractivity contribution in [3.63, 3.8) is 0 Å². The van der Waals surface area contributed by atoms with Crippen molar-refractivity contribution in [1.82, 2.24) is 15.4 Å². The number of fused-ring (bicyclic) bond motifs is 1. The molecule has 6 heteroatoms. The summed E-state index contributed by atoms with van der Waals surface area (Å²) in [7, 11) is 0. The fourth-order valence-electron chi connectivity index (χ4n) is 2.18. The lowest BCUT2D eigenvalue weighted by atomic mass is 10.0. The van der Waals surface area contributed by atoms with E-state index in [0.717, 1.165) is 22.6 Å². The lowest BCUT2D eigenvalue weighted by molar-refractivity contribution is 0.174. The number of rotatable bonds is 3. The zero-order chi connectivity index (χ0) is 14.1. The van der Waals surface area contributed by atoms with Crippen molar-refractivity contribution in [2.75, 3.05) is 6.79 Å². The summed E-state index contributed by atoms with van der Waals surface area (Å²) in [5, 5.41) is 10.1. The average molecular weight is 281 g/mol. The first-order valence-corrected chi connectivity index (χ1v) is 6.42. The van der Waals surface area contributed by atoms with Gasteiger partial charge in [0.05, 0.1) is 0 Å². The number of ether oxygens (including phenoxy) is 3. The summed E-state index contributed by atoms with van der Waals surface area (Å²) in [6.45, 7) is 0.272. The number of hydrogen-bond acceptors (Lipinski definition) is 5. The third-order valence-corrected chi connectivity index (χ3v) is 3.16. The predicted molar refractivity (Wildman–Crippen MR) is 74.5 cm³/mol. The van der Waals surface area contributed by atoms with Gasteiger partial charge in [-0.25, -0.2) is 0 Å². The minimum Gasteiger partial charge on any atom is -0.454 e. The first kappa shape index (κ1) is 11.8. The minimum absolute atomic E-state index is 0.272. The smallest absolute Gasteiger partial charge is 0.258 e. The molecule has 1 aromatic heterocycles. The summed E-state index contributed by atoms with van der Waals surface area (Å²) in [6, 6.07) is 13.6. The second-order valence-corrected chi connectivity index (χ2v) is 4.51. The van der Waals surface area contributed by atoms with Gasteiger partial charge in [0.15, 0.2) is 11.5 Å². The van der Waals surface area contributed by atoms with E-state index in [4.69, 9.17) is 14.2 Å². The average Bonchev–Trinajstić information content (AvgIpc) is 3.17. The first-order chi connectivity index (χ1) is 10.4. The normalized spacial score (nSPS) is 12.4. The maximum Gasteiger partial charge on any atom is 0.258 e. The van der Waals surface area contributed by atoms with E-state index in [-0.39, 0.29) is 6.79 Å². The molecule has 0 atom stereocenters. The lowest BCUT2D eigenvalue weighted by Crippen LogP contribution is -1.92. The van der Waals surface area contributed by atoms with E-state index in [2.05, 4.69) is 15.4 Å². The predicted octanol–water partition coefficient (Wildman–Crippen LogP) is 2.99. The van der Waals surface area contributed by atoms with Gasteiger partial charge in [-0.05, 0) is 35.4 Å². The highest BCUT2D eigenvalue weighted by molar-refractivity contribution is 5.68. The molecule has 0 saturated heterocycles. The molecule has 1 aliphatic rings. The topological polar surface area (TPSA) is 69.3 Å². The third kappa shape index (κ3) is 2.27. The summed E-state index contributed by atoms with van der Waals surface area (Å²) in [4.78, 5) is 0. The van der Waals surface area contributed by atoms with Gasteiger partial charge in [0.2, 0.25) is 6.79 Å². The van der Waals surface area contributed by atoms with Crippen LogP contribution in [0.25, 0.3) is 11.1 Å². The molecule has 1 aliphatic heterocycles. The molecule has 6 nitrogen and oxygen atoms in total. The summed E-state index contributed by atoms with van der Waals surface area (Å²) in [6.07, 6.45) is 1.52. The van der Waals surface area contributed by atoms with Crippen molar-refractivity contribution in [1.29, 1.82) is 0 Å². The van der Waals surface area contributed by atoms with E-state index >= 15 is 0 Å². The summed E-state index contributed by atoms with van der Waals surface area (Å²) >= 11 is 0. The van der Waals surface area contributed by atoms with E-state index in [1.807, 2.05) is 42.5 Å². The van der Waals surface area contributed by atoms with Gasteiger partial charge >= 0.3 is 0 Å². The molecule has 0 saturated carbocycles. The van der Waals surface area contributed by atoms with Crippen molar-refractivity contribution in [2.45, 2.75) is 0 Å². The van der Waals surface area contributed by atoms with Gasteiger partial charge in [0, 0.05) is 0 Å². The van der Waals surface area contributed by atoms with Gasteiger partial charge in [-0.2, -0.15) is 10.3 Å². The van der Waals surface area contributed by atoms with Crippen LogP contribution in [0.1, 0.15) is 0 Å². The van der Waals surface area contributed by atoms with Crippen molar-refractivity contribution in [2.24, 2.45) is 0 Å². The highest BCUT2D eigenvalue weighted by atomic mass is 16.7. The van der Waals surface area contributed by atoms with Crippen LogP contribution in [-0.4, -0.2) is 22.2 Å². The lowest BCUT2D eigenvalue weighted by Gasteiger charge is -2.06. The molecule has 4 rings (SSSR count). The molecule has 0 spiro atoms. The number of aromatic amines is 1. The molecule has 2 aromatic carbocycles. The Kier molecular flexibility index (Phi) is 2.71. The van der Waals surface area contributed by atoms with Crippen molar-refractivity contribution in [3.8, 4) is 34.3 Å². The van der Waals surface area contributed by atoms with Crippen LogP contribution in [0, 0.1) is 0 Å². The molecule has 2 heterocycles. The highest BCUT2D eigenvalue weighted by Crippen LogP contribution is 2.36. The Labute approximate surface area is 120 Å². The first-order valence-electron chi connectivity index (χ1n) is 6.42. The van der Waals surface area contributed by atoms with E-state index in [1.165, 1.54) is 6.20 Å². The van der Waals surface area contributed by atoms with Crippen LogP contribution in [-0.2, 0) is 0 Å². The van der Waals surface area contributed by atoms with Crippen LogP contribution in [0.15, 0.2) is 48.7 Å². The molecular weight excluding hydrogens is 270 g/mol. The van der Waals surface area contributed by atoms with E-state index in [1.54, 1.807) is 0 Å². The third-order valence-electron chi connectivity index (χ3n) is 3.16. The number of hydrogen-bond donors (Lipinski definition) is 1. The van der Waals surface area contributed by atoms with Crippen LogP contribution in [0.4, 0.5) is 0 Å². The number of nitrogens with zero attached hydrogens (tertiary/aromatic N) is 2. The number of aromatic nitrogens is 3. The largest absolute Gasteiger partial charge is 0.454 e. The van der Waals surface area contributed by atoms with Gasteiger partial charge in [-0.15, -0.1) is 5.10 Å². The number of H-pyrrole nitrogens is 1. The Balaban J connectivity index is 1.66. The van der Waals surface area contributed by atoms with Crippen LogP contribution in [0.3, 0.4) is 0 Å². The van der Waals surface area contributed by atoms with Crippen LogP contribution >= 0.6 is 0 Å². The van der Waals surface area contributed by atoms with Crippen molar-refractivity contribution < 1.29 is 14.2 Å². The minimum atomic E-state index is 0.272. The van der Waals surface area contributed by atoms with Crippen LogP contribution < -0.4 is 14.2 Å². The number of nitrogens with one attached hydrogen (secondary N) is 1. The maximum absolute atomic E-state index is 5.61. The highest BCUT2D eigenvalue weighted by Gasteiger charge is 2.14. The SMILES string of the molecule is c1cc(Oc2cn[nH]n2)cc(-c2ccc3c(c2)OCO3)c1. The zero-order valence-corrected chi connectivity index (χ0v) is 10.9. The van der Waals surface area contributed by atoms with Gasteiger partial charge in [0.1, 0.15) is 11.9 Å². The summed E-state index contributed by atoms with van der Waals surface area (Å²) in [5.41, 5.74) is 2.05. The molecule has 21 heavy (non-hydrogen) atoms. The van der Waals surface area contributed by atoms with E-state index in [0.29, 0.717) is 11.6 Å². The molecule has 1 N–H and O–H groups in total. The Hall–Kier alpha value is -3.02. The second kappa shape index (κ2) is 4.82. The number of benzene rings is 2. The fraction of sp³-hybridized carbons (Fsp3) is 0.0667. The van der Waals surface area contributed by atoms with Gasteiger partial charge < -0.3 is 14.2 Å². The van der Waals surface area contributed by atoms with Crippen LogP contribution in [0.5, 0.6) is 23.1 Å². The van der Waals surface area contributed by atoms with Gasteiger partial charge in [-0.3, -0.25) is 0 Å². The molecule has 0 aliphatic carbocycles. The molecule has 104 valence electrons. The molecule has 0 amide bonds. The van der Waals surface area contributed by atoms with E-state index in [9.17, 15) is 0 Å². The zero-order valence-electron chi connectivity index (χ0n) is 10.9. The molecule has 3 aromatic rings. The molecule has 0 fully saturated rings. The van der Waals surface area contributed by atoms with E-state index < -0.39 is 0 Å². The van der Waals surface area contributed by atoms with Crippen molar-refractivity contribution in [3.05, 3.63) is 48.7 Å². The summed E-state index contributed by atoms with van der Waals surface area (Å²) < 4.78 is 16.3. The molecule has 0 unspecified atom stereocenters. The maximum atomic E-state index is 5.61. The van der Waals surface area contributed by atoms with Crippen molar-refractivity contribution >= 4 is 0 Å². The Morgan fingerprint density at radius 3 is 2.81 bits per heavy atom. The van der Waals surface area contributed by atoms with Gasteiger partial charge in [-0.1, -0.05) is 18.2 Å². The Morgan fingerprint density at radius 2 is 1.90 bits per heavy atom. The monoisotopic (exact) mass is 281 g/mol. The molecule has 0 radical (unpaired) electrons. The fourth-order valence-corrected chi connectivity index (χ4v) is 2.18. The van der Waals surface area contributed by atoms with Crippen LogP contribution in [0.2, 0.25) is 0 Å². The molecule has 0 bridgehead atoms. The second-order valence-electron chi connectivity index (χ2n) is 4.51. The summed E-state index contributed by atoms with van der Waals surface area (Å²) in [5.74, 6) is 2.65. The standard InChI is InChI=1S/C15H11N3O3/c1-2-10(6-12(3-1)21-15-8-16-18-17-15)11-4-5-13-14(7-11)20-9-19-13/h1-8H,9H2,(H,16,17,18). The molecular formula is C15H11N3O3. The van der Waals surface area contributed by atoms with Gasteiger partial charge in [0.25, 0.3) is 5.88 Å². The Morgan fingerprint density at radius 1 is 1.00 bits per heavy atom. The Bertz CT molecular complexity index is 772. The quantitative estimate of drug-likeness (QED) is 0.799.